The van der Waals surface area contributed by atoms with Crippen LogP contribution >= 0.6 is 0 Å². The minimum Gasteiger partial charge on any atom is -0.394 e. The highest BCUT2D eigenvalue weighted by molar-refractivity contribution is 5.21. The lowest BCUT2D eigenvalue weighted by Gasteiger charge is -2.41. The average Bonchev–Trinajstić information content (AvgIpc) is 2.31. The van der Waals surface area contributed by atoms with Crippen molar-refractivity contribution < 1.29 is 19.0 Å². The lowest BCUT2D eigenvalue weighted by atomic mass is 9.77. The van der Waals surface area contributed by atoms with Gasteiger partial charge in [0.1, 0.15) is 11.6 Å². The van der Waals surface area contributed by atoms with Gasteiger partial charge in [0.25, 0.3) is 0 Å². The molecule has 1 fully saturated rings. The Labute approximate surface area is 104 Å². The molecule has 0 radical (unpaired) electrons. The van der Waals surface area contributed by atoms with E-state index in [1.807, 2.05) is 0 Å². The molecule has 1 aromatic rings. The Hall–Kier alpha value is -1.04. The van der Waals surface area contributed by atoms with Gasteiger partial charge in [0.05, 0.1) is 12.7 Å². The van der Waals surface area contributed by atoms with Crippen molar-refractivity contribution in [1.29, 1.82) is 0 Å². The number of benzene rings is 1. The van der Waals surface area contributed by atoms with Crippen molar-refractivity contribution in [1.82, 2.24) is 5.32 Å². The summed E-state index contributed by atoms with van der Waals surface area (Å²) < 4.78 is 26.4. The summed E-state index contributed by atoms with van der Waals surface area (Å²) in [5, 5.41) is 22.1. The molecule has 18 heavy (non-hydrogen) atoms. The van der Waals surface area contributed by atoms with Crippen LogP contribution in [0.5, 0.6) is 0 Å². The normalized spacial score (nSPS) is 19.3. The molecular formula is C13H17F2NO2. The molecule has 1 saturated carbocycles. The predicted octanol–water partition coefficient (Wildman–Crippen LogP) is 1.50. The second-order valence-electron chi connectivity index (χ2n) is 4.85. The van der Waals surface area contributed by atoms with E-state index in [4.69, 9.17) is 0 Å². The molecule has 3 N–H and O–H groups in total. The third-order valence-corrected chi connectivity index (χ3v) is 3.60. The van der Waals surface area contributed by atoms with Crippen molar-refractivity contribution in [2.75, 3.05) is 13.2 Å². The summed E-state index contributed by atoms with van der Waals surface area (Å²) in [5.74, 6) is -1.21. The molecule has 5 heteroatoms. The van der Waals surface area contributed by atoms with Crippen molar-refractivity contribution in [2.45, 2.75) is 30.9 Å². The monoisotopic (exact) mass is 257 g/mol. The van der Waals surface area contributed by atoms with Gasteiger partial charge in [-0.2, -0.15) is 0 Å². The van der Waals surface area contributed by atoms with Gasteiger partial charge in [0.15, 0.2) is 0 Å². The van der Waals surface area contributed by atoms with Gasteiger partial charge < -0.3 is 15.5 Å². The Kier molecular flexibility index (Phi) is 3.94. The molecule has 0 amide bonds. The molecule has 0 saturated heterocycles. The minimum absolute atomic E-state index is 0.00858. The molecule has 2 rings (SSSR count). The maximum Gasteiger partial charge on any atom is 0.129 e. The van der Waals surface area contributed by atoms with E-state index in [1.165, 1.54) is 0 Å². The van der Waals surface area contributed by atoms with Crippen molar-refractivity contribution in [3.8, 4) is 0 Å². The molecule has 0 bridgehead atoms. The Morgan fingerprint density at radius 3 is 2.61 bits per heavy atom. The summed E-state index contributed by atoms with van der Waals surface area (Å²) in [5.41, 5.74) is -0.417. The lowest BCUT2D eigenvalue weighted by molar-refractivity contribution is 0.0679. The second kappa shape index (κ2) is 5.30. The Bertz CT molecular complexity index is 416. The summed E-state index contributed by atoms with van der Waals surface area (Å²) in [6.07, 6.45) is 1.58. The van der Waals surface area contributed by atoms with E-state index in [0.717, 1.165) is 37.5 Å². The molecule has 1 aliphatic rings. The lowest BCUT2D eigenvalue weighted by Crippen LogP contribution is -2.54. The highest BCUT2D eigenvalue weighted by Gasteiger charge is 2.36. The van der Waals surface area contributed by atoms with Crippen LogP contribution in [0.15, 0.2) is 18.2 Å². The minimum atomic E-state index is -1.12. The van der Waals surface area contributed by atoms with E-state index >= 15 is 0 Å². The highest BCUT2D eigenvalue weighted by atomic mass is 19.1. The van der Waals surface area contributed by atoms with Gasteiger partial charge in [-0.3, -0.25) is 0 Å². The van der Waals surface area contributed by atoms with Crippen LogP contribution in [0.4, 0.5) is 8.78 Å². The van der Waals surface area contributed by atoms with Gasteiger partial charge in [0, 0.05) is 17.6 Å². The van der Waals surface area contributed by atoms with Crippen molar-refractivity contribution >= 4 is 0 Å². The number of aliphatic hydroxyl groups is 2. The van der Waals surface area contributed by atoms with Crippen LogP contribution in [0.2, 0.25) is 0 Å². The average molecular weight is 257 g/mol. The maximum absolute atomic E-state index is 13.4. The second-order valence-corrected chi connectivity index (χ2v) is 4.85. The first-order valence-corrected chi connectivity index (χ1v) is 6.05. The van der Waals surface area contributed by atoms with Crippen LogP contribution in [0.25, 0.3) is 0 Å². The number of halogens is 2. The summed E-state index contributed by atoms with van der Waals surface area (Å²) in [4.78, 5) is 0. The molecule has 1 atom stereocenters. The summed E-state index contributed by atoms with van der Waals surface area (Å²) >= 11 is 0. The molecular weight excluding hydrogens is 240 g/mol. The van der Waals surface area contributed by atoms with E-state index in [9.17, 15) is 19.0 Å². The molecule has 1 unspecified atom stereocenters. The van der Waals surface area contributed by atoms with Crippen LogP contribution < -0.4 is 5.32 Å². The van der Waals surface area contributed by atoms with Crippen LogP contribution in [-0.4, -0.2) is 28.9 Å². The number of rotatable bonds is 5. The number of aliphatic hydroxyl groups excluding tert-OH is 2. The maximum atomic E-state index is 13.4. The van der Waals surface area contributed by atoms with E-state index in [1.54, 1.807) is 0 Å². The van der Waals surface area contributed by atoms with Gasteiger partial charge in [-0.25, -0.2) is 8.78 Å². The van der Waals surface area contributed by atoms with E-state index < -0.39 is 17.7 Å². The zero-order valence-corrected chi connectivity index (χ0v) is 10.00. The van der Waals surface area contributed by atoms with Crippen LogP contribution in [0.3, 0.4) is 0 Å². The van der Waals surface area contributed by atoms with Crippen molar-refractivity contribution in [3.05, 3.63) is 35.4 Å². The van der Waals surface area contributed by atoms with Gasteiger partial charge in [-0.1, -0.05) is 0 Å². The Morgan fingerprint density at radius 1 is 1.33 bits per heavy atom. The fourth-order valence-corrected chi connectivity index (χ4v) is 2.19. The van der Waals surface area contributed by atoms with Gasteiger partial charge in [0.2, 0.25) is 0 Å². The standard InChI is InChI=1S/C13H17F2NO2/c14-9-2-3-11(15)10(6-9)12(18)7-16-13(8-17)4-1-5-13/h2-3,6,12,16-18H,1,4-5,7-8H2. The third-order valence-electron chi connectivity index (χ3n) is 3.60. The smallest absolute Gasteiger partial charge is 0.129 e. The van der Waals surface area contributed by atoms with Crippen LogP contribution in [0, 0.1) is 11.6 Å². The Morgan fingerprint density at radius 2 is 2.06 bits per heavy atom. The highest BCUT2D eigenvalue weighted by Crippen LogP contribution is 2.31. The number of hydrogen-bond donors (Lipinski definition) is 3. The topological polar surface area (TPSA) is 52.5 Å². The summed E-state index contributed by atoms with van der Waals surface area (Å²) in [6.45, 7) is 0.0896. The van der Waals surface area contributed by atoms with E-state index in [0.29, 0.717) is 0 Å². The zero-order valence-electron chi connectivity index (χ0n) is 10.00. The zero-order chi connectivity index (χ0) is 13.2. The van der Waals surface area contributed by atoms with Crippen LogP contribution in [-0.2, 0) is 0 Å². The van der Waals surface area contributed by atoms with Crippen molar-refractivity contribution in [3.63, 3.8) is 0 Å². The largest absolute Gasteiger partial charge is 0.394 e. The first-order chi connectivity index (χ1) is 8.56. The molecule has 0 spiro atoms. The molecule has 0 heterocycles. The van der Waals surface area contributed by atoms with E-state index in [-0.39, 0.29) is 24.3 Å². The number of β-amino-alcohol motifs (C(OH)–C–C–N with tert-alkyl or cyclic N) is 1. The quantitative estimate of drug-likeness (QED) is 0.749. The first-order valence-electron chi connectivity index (χ1n) is 6.05. The number of hydrogen-bond acceptors (Lipinski definition) is 3. The SMILES string of the molecule is OCC1(NCC(O)c2cc(F)ccc2F)CCC1. The molecule has 3 nitrogen and oxygen atoms in total. The van der Waals surface area contributed by atoms with Crippen molar-refractivity contribution in [2.24, 2.45) is 0 Å². The fourth-order valence-electron chi connectivity index (χ4n) is 2.19. The molecule has 0 aromatic heterocycles. The Balaban J connectivity index is 1.99. The van der Waals surface area contributed by atoms with Gasteiger partial charge in [-0.15, -0.1) is 0 Å². The summed E-state index contributed by atoms with van der Waals surface area (Å²) in [6, 6.07) is 3.01. The third kappa shape index (κ3) is 2.68. The number of nitrogens with one attached hydrogen (secondary N) is 1. The molecule has 100 valence electrons. The first kappa shape index (κ1) is 13.4. The van der Waals surface area contributed by atoms with Crippen LogP contribution in [0.1, 0.15) is 30.9 Å². The van der Waals surface area contributed by atoms with Gasteiger partial charge >= 0.3 is 0 Å². The molecule has 0 aliphatic heterocycles. The van der Waals surface area contributed by atoms with E-state index in [2.05, 4.69) is 5.32 Å². The molecule has 1 aromatic carbocycles. The van der Waals surface area contributed by atoms with Gasteiger partial charge in [-0.05, 0) is 37.5 Å². The molecule has 1 aliphatic carbocycles. The predicted molar refractivity (Wildman–Crippen MR) is 63.0 cm³/mol. The fraction of sp³-hybridized carbons (Fsp3) is 0.538. The summed E-state index contributed by atoms with van der Waals surface area (Å²) in [7, 11) is 0.